The molecule has 152 valence electrons. The number of rotatable bonds is 6. The van der Waals surface area contributed by atoms with Gasteiger partial charge in [0.2, 0.25) is 5.16 Å². The second-order valence-corrected chi connectivity index (χ2v) is 7.96. The third kappa shape index (κ3) is 4.08. The first-order valence-electron chi connectivity index (χ1n) is 9.60. The molecule has 0 radical (unpaired) electrons. The predicted octanol–water partition coefficient (Wildman–Crippen LogP) is 5.73. The highest BCUT2D eigenvalue weighted by atomic mass is 32.2. The van der Waals surface area contributed by atoms with Crippen LogP contribution < -0.4 is 0 Å². The number of furan rings is 1. The molecule has 0 aliphatic heterocycles. The van der Waals surface area contributed by atoms with Crippen LogP contribution in [0.5, 0.6) is 0 Å². The molecule has 0 fully saturated rings. The molecule has 2 aromatic heterocycles. The highest BCUT2D eigenvalue weighted by Crippen LogP contribution is 2.33. The number of fused-ring (bicyclic) bond motifs is 1. The van der Waals surface area contributed by atoms with Crippen LogP contribution in [-0.4, -0.2) is 32.0 Å². The first kappa shape index (κ1) is 19.1. The first-order chi connectivity index (χ1) is 15.2. The number of nitrogens with zero attached hydrogens (tertiary/aromatic N) is 2. The van der Waals surface area contributed by atoms with Crippen LogP contribution in [0.3, 0.4) is 0 Å². The van der Waals surface area contributed by atoms with Crippen LogP contribution in [0.4, 0.5) is 0 Å². The number of nitrogens with one attached hydrogen (secondary N) is 1. The third-order valence-corrected chi connectivity index (χ3v) is 5.77. The fourth-order valence-electron chi connectivity index (χ4n) is 3.46. The van der Waals surface area contributed by atoms with Gasteiger partial charge in [0.25, 0.3) is 0 Å². The fourth-order valence-corrected chi connectivity index (χ4v) is 3.98. The molecule has 0 aliphatic carbocycles. The molecule has 31 heavy (non-hydrogen) atoms. The molecule has 2 N–H and O–H groups in total. The second-order valence-electron chi connectivity index (χ2n) is 7.02. The number of aliphatic carboxylic acids is 1. The van der Waals surface area contributed by atoms with Gasteiger partial charge in [0, 0.05) is 11.1 Å². The van der Waals surface area contributed by atoms with Crippen molar-refractivity contribution in [3.63, 3.8) is 0 Å². The van der Waals surface area contributed by atoms with Gasteiger partial charge in [-0.25, -0.2) is 4.98 Å². The molecule has 0 spiro atoms. The number of benzene rings is 3. The lowest BCUT2D eigenvalue weighted by atomic mass is 9.95. The average molecular weight is 427 g/mol. The number of H-pyrrole nitrogens is 1. The molecule has 0 bridgehead atoms. The van der Waals surface area contributed by atoms with E-state index in [0.717, 1.165) is 39.6 Å². The van der Waals surface area contributed by atoms with E-state index in [9.17, 15) is 4.79 Å². The van der Waals surface area contributed by atoms with Gasteiger partial charge in [-0.15, -0.1) is 5.10 Å². The number of thioether (sulfide) groups is 1. The summed E-state index contributed by atoms with van der Waals surface area (Å²) < 4.78 is 5.28. The number of hydrogen-bond acceptors (Lipinski definition) is 5. The number of hydrogen-bond donors (Lipinski definition) is 2. The fraction of sp³-hybridized carbons (Fsp3) is 0.0417. The van der Waals surface area contributed by atoms with Crippen LogP contribution in [0, 0.1) is 0 Å². The quantitative estimate of drug-likeness (QED) is 0.336. The van der Waals surface area contributed by atoms with Crippen molar-refractivity contribution >= 4 is 28.5 Å². The lowest BCUT2D eigenvalue weighted by molar-refractivity contribution is -0.133. The molecule has 0 aliphatic rings. The minimum Gasteiger partial charge on any atom is -0.481 e. The van der Waals surface area contributed by atoms with Crippen LogP contribution in [0.1, 0.15) is 0 Å². The molecule has 3 aromatic carbocycles. The van der Waals surface area contributed by atoms with Gasteiger partial charge in [0.05, 0.1) is 18.3 Å². The Balaban J connectivity index is 1.60. The van der Waals surface area contributed by atoms with E-state index in [1.54, 1.807) is 12.5 Å². The molecule has 2 heterocycles. The summed E-state index contributed by atoms with van der Waals surface area (Å²) in [4.78, 5) is 15.3. The Labute approximate surface area is 182 Å². The van der Waals surface area contributed by atoms with Gasteiger partial charge in [-0.05, 0) is 57.8 Å². The molecule has 6 nitrogen and oxygen atoms in total. The Bertz CT molecular complexity index is 1380. The molecular formula is C24H17N3O3S. The zero-order valence-electron chi connectivity index (χ0n) is 16.3. The van der Waals surface area contributed by atoms with Gasteiger partial charge in [-0.3, -0.25) is 9.89 Å². The van der Waals surface area contributed by atoms with Gasteiger partial charge < -0.3 is 9.52 Å². The van der Waals surface area contributed by atoms with Crippen molar-refractivity contribution in [1.82, 2.24) is 15.2 Å². The lowest BCUT2D eigenvalue weighted by Crippen LogP contribution is -1.97. The minimum atomic E-state index is -0.906. The summed E-state index contributed by atoms with van der Waals surface area (Å²) in [5.74, 6) is -0.411. The summed E-state index contributed by atoms with van der Waals surface area (Å²) in [6, 6.07) is 22.8. The smallest absolute Gasteiger partial charge is 0.313 e. The van der Waals surface area contributed by atoms with Crippen LogP contribution in [0.25, 0.3) is 44.4 Å². The summed E-state index contributed by atoms with van der Waals surface area (Å²) in [6.07, 6.45) is 3.35. The summed E-state index contributed by atoms with van der Waals surface area (Å²) in [5, 5.41) is 18.7. The average Bonchev–Trinajstić information content (AvgIpc) is 3.49. The monoisotopic (exact) mass is 427 g/mol. The van der Waals surface area contributed by atoms with Gasteiger partial charge in [-0.1, -0.05) is 48.2 Å². The Kier molecular flexibility index (Phi) is 5.01. The summed E-state index contributed by atoms with van der Waals surface area (Å²) in [5.41, 5.74) is 4.94. The number of carboxylic acids is 1. The molecule has 7 heteroatoms. The van der Waals surface area contributed by atoms with Crippen LogP contribution in [0.15, 0.2) is 88.8 Å². The maximum absolute atomic E-state index is 10.8. The molecule has 0 saturated heterocycles. The van der Waals surface area contributed by atoms with Crippen molar-refractivity contribution in [3.8, 4) is 33.6 Å². The molecule has 5 rings (SSSR count). The third-order valence-electron chi connectivity index (χ3n) is 4.93. The zero-order valence-corrected chi connectivity index (χ0v) is 17.1. The van der Waals surface area contributed by atoms with Gasteiger partial charge in [-0.2, -0.15) is 0 Å². The maximum atomic E-state index is 10.8. The van der Waals surface area contributed by atoms with Gasteiger partial charge in [0.1, 0.15) is 0 Å². The van der Waals surface area contributed by atoms with Crippen molar-refractivity contribution in [2.24, 2.45) is 0 Å². The van der Waals surface area contributed by atoms with Crippen molar-refractivity contribution in [3.05, 3.63) is 79.3 Å². The normalized spacial score (nSPS) is 11.1. The van der Waals surface area contributed by atoms with E-state index in [0.29, 0.717) is 11.0 Å². The Morgan fingerprint density at radius 3 is 2.45 bits per heavy atom. The molecule has 5 aromatic rings. The van der Waals surface area contributed by atoms with E-state index in [4.69, 9.17) is 9.52 Å². The molecule has 0 atom stereocenters. The van der Waals surface area contributed by atoms with Crippen LogP contribution >= 0.6 is 11.8 Å². The molecule has 0 saturated carbocycles. The minimum absolute atomic E-state index is 0.0886. The first-order valence-corrected chi connectivity index (χ1v) is 10.6. The van der Waals surface area contributed by atoms with Gasteiger partial charge >= 0.3 is 5.97 Å². The second kappa shape index (κ2) is 8.12. The van der Waals surface area contributed by atoms with E-state index in [-0.39, 0.29) is 5.75 Å². The predicted molar refractivity (Wildman–Crippen MR) is 121 cm³/mol. The van der Waals surface area contributed by atoms with Gasteiger partial charge in [0.15, 0.2) is 5.82 Å². The topological polar surface area (TPSA) is 92.0 Å². The van der Waals surface area contributed by atoms with E-state index in [2.05, 4.69) is 57.6 Å². The summed E-state index contributed by atoms with van der Waals surface area (Å²) in [6.45, 7) is 0. The lowest BCUT2D eigenvalue weighted by Gasteiger charge is -2.09. The van der Waals surface area contributed by atoms with E-state index in [1.165, 1.54) is 10.8 Å². The van der Waals surface area contributed by atoms with E-state index < -0.39 is 5.97 Å². The number of carboxylic acid groups (broad SMARTS) is 1. The van der Waals surface area contributed by atoms with Crippen LogP contribution in [-0.2, 0) is 4.79 Å². The Morgan fingerprint density at radius 1 is 0.903 bits per heavy atom. The van der Waals surface area contributed by atoms with Crippen molar-refractivity contribution in [2.75, 3.05) is 5.75 Å². The van der Waals surface area contributed by atoms with Crippen LogP contribution in [0.2, 0.25) is 0 Å². The van der Waals surface area contributed by atoms with E-state index in [1.807, 2.05) is 24.3 Å². The number of aromatic amines is 1. The Hall–Kier alpha value is -3.84. The number of carbonyl (C=O) groups is 1. The largest absolute Gasteiger partial charge is 0.481 e. The van der Waals surface area contributed by atoms with E-state index >= 15 is 0 Å². The molecule has 0 amide bonds. The van der Waals surface area contributed by atoms with Crippen molar-refractivity contribution in [1.29, 1.82) is 0 Å². The summed E-state index contributed by atoms with van der Waals surface area (Å²) in [7, 11) is 0. The SMILES string of the molecule is O=C(O)CSc1n[nH]c(-c2cc(-c3ccoc3)cc(-c3ccc4ccccc4c3)c2)n1. The van der Waals surface area contributed by atoms with Crippen molar-refractivity contribution in [2.45, 2.75) is 5.16 Å². The Morgan fingerprint density at radius 2 is 1.68 bits per heavy atom. The summed E-state index contributed by atoms with van der Waals surface area (Å²) >= 11 is 1.08. The highest BCUT2D eigenvalue weighted by Gasteiger charge is 2.13. The maximum Gasteiger partial charge on any atom is 0.313 e. The standard InChI is InChI=1S/C24H17N3O3S/c28-22(29)14-31-24-25-23(26-27-24)21-11-19(10-20(12-21)18-7-8-30-13-18)17-6-5-15-3-1-2-4-16(15)9-17/h1-13H,14H2,(H,28,29)(H,25,26,27). The molecule has 0 unspecified atom stereocenters. The molecular weight excluding hydrogens is 410 g/mol. The zero-order chi connectivity index (χ0) is 21.2. The van der Waals surface area contributed by atoms with Crippen molar-refractivity contribution < 1.29 is 14.3 Å². The number of aromatic nitrogens is 3. The highest BCUT2D eigenvalue weighted by molar-refractivity contribution is 7.99.